The van der Waals surface area contributed by atoms with Crippen molar-refractivity contribution in [3.05, 3.63) is 24.0 Å². The van der Waals surface area contributed by atoms with Gasteiger partial charge in [-0.25, -0.2) is 0 Å². The van der Waals surface area contributed by atoms with Gasteiger partial charge in [0.2, 0.25) is 0 Å². The highest BCUT2D eigenvalue weighted by Crippen LogP contribution is 2.28. The normalized spacial score (nSPS) is 23.6. The molecule has 4 heteroatoms. The van der Waals surface area contributed by atoms with E-state index in [1.807, 2.05) is 0 Å². The minimum absolute atomic E-state index is 0.0498. The Labute approximate surface area is 83.3 Å². The summed E-state index contributed by atoms with van der Waals surface area (Å²) >= 11 is 0. The molecular formula is C10H15N3O. The van der Waals surface area contributed by atoms with Crippen LogP contribution in [-0.4, -0.2) is 18.2 Å². The first-order valence-electron chi connectivity index (χ1n) is 4.81. The number of ether oxygens (including phenoxy) is 1. The summed E-state index contributed by atoms with van der Waals surface area (Å²) in [6.45, 7) is 1.54. The summed E-state index contributed by atoms with van der Waals surface area (Å²) in [5, 5.41) is 0. The lowest BCUT2D eigenvalue weighted by Gasteiger charge is -2.18. The fourth-order valence-corrected chi connectivity index (χ4v) is 1.79. The Hall–Kier alpha value is -1.13. The second-order valence-electron chi connectivity index (χ2n) is 3.65. The molecule has 1 saturated heterocycles. The first-order valence-corrected chi connectivity index (χ1v) is 4.81. The third-order valence-electron chi connectivity index (χ3n) is 2.72. The summed E-state index contributed by atoms with van der Waals surface area (Å²) in [6.07, 6.45) is 4.44. The lowest BCUT2D eigenvalue weighted by Crippen LogP contribution is -2.22. The van der Waals surface area contributed by atoms with Crippen LogP contribution >= 0.6 is 0 Å². The van der Waals surface area contributed by atoms with Gasteiger partial charge in [0.05, 0.1) is 6.61 Å². The van der Waals surface area contributed by atoms with Gasteiger partial charge in [0.25, 0.3) is 0 Å². The van der Waals surface area contributed by atoms with Crippen molar-refractivity contribution in [3.8, 4) is 0 Å². The Morgan fingerprint density at radius 3 is 3.07 bits per heavy atom. The van der Waals surface area contributed by atoms with Gasteiger partial charge in [-0.2, -0.15) is 0 Å². The maximum Gasteiger partial charge on any atom is 0.0513 e. The zero-order valence-corrected chi connectivity index (χ0v) is 8.02. The summed E-state index contributed by atoms with van der Waals surface area (Å²) in [6, 6.07) is 1.73. The number of hydrogen-bond acceptors (Lipinski definition) is 4. The van der Waals surface area contributed by atoms with Crippen molar-refractivity contribution in [2.24, 2.45) is 11.7 Å². The summed E-state index contributed by atoms with van der Waals surface area (Å²) in [5.41, 5.74) is 13.6. The van der Waals surface area contributed by atoms with Crippen LogP contribution in [0.1, 0.15) is 18.0 Å². The van der Waals surface area contributed by atoms with Crippen molar-refractivity contribution in [3.63, 3.8) is 0 Å². The van der Waals surface area contributed by atoms with E-state index in [1.54, 1.807) is 18.5 Å². The zero-order chi connectivity index (χ0) is 9.97. The molecule has 0 aromatic carbocycles. The maximum atomic E-state index is 6.10. The smallest absolute Gasteiger partial charge is 0.0513 e. The molecule has 1 aromatic rings. The molecule has 2 heterocycles. The molecular weight excluding hydrogens is 178 g/mol. The van der Waals surface area contributed by atoms with Crippen LogP contribution in [0.15, 0.2) is 18.5 Å². The molecule has 1 aliphatic rings. The predicted molar refractivity (Wildman–Crippen MR) is 54.5 cm³/mol. The van der Waals surface area contributed by atoms with E-state index in [0.29, 0.717) is 5.92 Å². The molecule has 2 atom stereocenters. The van der Waals surface area contributed by atoms with E-state index in [9.17, 15) is 0 Å². The molecule has 0 saturated carbocycles. The molecule has 14 heavy (non-hydrogen) atoms. The summed E-state index contributed by atoms with van der Waals surface area (Å²) in [5.74, 6) is 0.376. The molecule has 0 aliphatic carbocycles. The Kier molecular flexibility index (Phi) is 2.65. The Balaban J connectivity index is 2.17. The zero-order valence-electron chi connectivity index (χ0n) is 8.02. The number of aromatic nitrogens is 1. The van der Waals surface area contributed by atoms with Gasteiger partial charge >= 0.3 is 0 Å². The number of nitrogens with zero attached hydrogens (tertiary/aromatic N) is 1. The average Bonchev–Trinajstić information content (AvgIpc) is 2.70. The molecule has 76 valence electrons. The number of nitrogen functional groups attached to an aromatic ring is 1. The van der Waals surface area contributed by atoms with Crippen molar-refractivity contribution < 1.29 is 4.74 Å². The number of hydrogen-bond donors (Lipinski definition) is 2. The first kappa shape index (κ1) is 9.43. The number of anilines is 1. The Bertz CT molecular complexity index is 310. The second-order valence-corrected chi connectivity index (χ2v) is 3.65. The van der Waals surface area contributed by atoms with Crippen LogP contribution in [0.3, 0.4) is 0 Å². The van der Waals surface area contributed by atoms with Crippen molar-refractivity contribution in [1.82, 2.24) is 4.98 Å². The molecule has 0 amide bonds. The molecule has 1 aromatic heterocycles. The van der Waals surface area contributed by atoms with Crippen LogP contribution < -0.4 is 11.5 Å². The van der Waals surface area contributed by atoms with Gasteiger partial charge in [-0.05, 0) is 12.5 Å². The molecule has 4 nitrogen and oxygen atoms in total. The molecule has 1 fully saturated rings. The number of nitrogens with two attached hydrogens (primary N) is 2. The van der Waals surface area contributed by atoms with Gasteiger partial charge in [0, 0.05) is 42.2 Å². The molecule has 4 N–H and O–H groups in total. The maximum absolute atomic E-state index is 6.10. The number of pyridine rings is 1. The van der Waals surface area contributed by atoms with Crippen LogP contribution in [0, 0.1) is 5.92 Å². The molecule has 2 rings (SSSR count). The summed E-state index contributed by atoms with van der Waals surface area (Å²) < 4.78 is 5.30. The van der Waals surface area contributed by atoms with Gasteiger partial charge in [0.15, 0.2) is 0 Å². The molecule has 0 spiro atoms. The largest absolute Gasteiger partial charge is 0.398 e. The van der Waals surface area contributed by atoms with Crippen LogP contribution in [-0.2, 0) is 4.74 Å². The van der Waals surface area contributed by atoms with E-state index in [4.69, 9.17) is 16.2 Å². The lowest BCUT2D eigenvalue weighted by molar-refractivity contribution is 0.181. The standard InChI is InChI=1S/C10H15N3O/c11-9-1-3-13-5-8(9)10(12)7-2-4-14-6-7/h1,3,5,7,10H,2,4,6,12H2,(H2,11,13). The minimum Gasteiger partial charge on any atom is -0.398 e. The third kappa shape index (κ3) is 1.71. The third-order valence-corrected chi connectivity index (χ3v) is 2.72. The molecule has 0 radical (unpaired) electrons. The van der Waals surface area contributed by atoms with Crippen LogP contribution in [0.4, 0.5) is 5.69 Å². The van der Waals surface area contributed by atoms with E-state index < -0.39 is 0 Å². The lowest BCUT2D eigenvalue weighted by atomic mass is 9.93. The van der Waals surface area contributed by atoms with Crippen LogP contribution in [0.2, 0.25) is 0 Å². The second kappa shape index (κ2) is 3.94. The highest BCUT2D eigenvalue weighted by Gasteiger charge is 2.25. The highest BCUT2D eigenvalue weighted by molar-refractivity contribution is 5.46. The minimum atomic E-state index is -0.0498. The van der Waals surface area contributed by atoms with Crippen molar-refractivity contribution in [2.75, 3.05) is 18.9 Å². The van der Waals surface area contributed by atoms with Crippen molar-refractivity contribution in [2.45, 2.75) is 12.5 Å². The molecule has 2 unspecified atom stereocenters. The SMILES string of the molecule is Nc1ccncc1C(N)C1CCOC1. The van der Waals surface area contributed by atoms with E-state index in [0.717, 1.165) is 30.9 Å². The van der Waals surface area contributed by atoms with E-state index >= 15 is 0 Å². The van der Waals surface area contributed by atoms with Crippen LogP contribution in [0.5, 0.6) is 0 Å². The summed E-state index contributed by atoms with van der Waals surface area (Å²) in [7, 11) is 0. The van der Waals surface area contributed by atoms with Crippen molar-refractivity contribution >= 4 is 5.69 Å². The van der Waals surface area contributed by atoms with E-state index in [1.165, 1.54) is 0 Å². The Morgan fingerprint density at radius 2 is 2.43 bits per heavy atom. The van der Waals surface area contributed by atoms with E-state index in [2.05, 4.69) is 4.98 Å². The average molecular weight is 193 g/mol. The van der Waals surface area contributed by atoms with Gasteiger partial charge in [-0.3, -0.25) is 4.98 Å². The number of rotatable bonds is 2. The predicted octanol–water partition coefficient (Wildman–Crippen LogP) is 0.700. The monoisotopic (exact) mass is 193 g/mol. The first-order chi connectivity index (χ1) is 6.79. The quantitative estimate of drug-likeness (QED) is 0.725. The van der Waals surface area contributed by atoms with Gasteiger partial charge in [0.1, 0.15) is 0 Å². The van der Waals surface area contributed by atoms with Gasteiger partial charge < -0.3 is 16.2 Å². The highest BCUT2D eigenvalue weighted by atomic mass is 16.5. The van der Waals surface area contributed by atoms with Gasteiger partial charge in [-0.15, -0.1) is 0 Å². The summed E-state index contributed by atoms with van der Waals surface area (Å²) in [4.78, 5) is 4.04. The topological polar surface area (TPSA) is 74.2 Å². The van der Waals surface area contributed by atoms with Crippen LogP contribution in [0.25, 0.3) is 0 Å². The fraction of sp³-hybridized carbons (Fsp3) is 0.500. The molecule has 0 bridgehead atoms. The van der Waals surface area contributed by atoms with Gasteiger partial charge in [-0.1, -0.05) is 0 Å². The fourth-order valence-electron chi connectivity index (χ4n) is 1.79. The van der Waals surface area contributed by atoms with Crippen molar-refractivity contribution in [1.29, 1.82) is 0 Å². The Morgan fingerprint density at radius 1 is 1.57 bits per heavy atom. The molecule has 1 aliphatic heterocycles. The van der Waals surface area contributed by atoms with E-state index in [-0.39, 0.29) is 6.04 Å².